The number of carboxylic acid groups (broad SMARTS) is 1. The van der Waals surface area contributed by atoms with Gasteiger partial charge in [0, 0.05) is 24.5 Å². The number of aryl methyl sites for hydroxylation is 1. The summed E-state index contributed by atoms with van der Waals surface area (Å²) in [6.07, 6.45) is 1.73. The number of benzene rings is 1. The highest BCUT2D eigenvalue weighted by Crippen LogP contribution is 2.22. The Hall–Kier alpha value is -2.50. The number of aromatic nitrogens is 2. The van der Waals surface area contributed by atoms with Crippen LogP contribution in [0.25, 0.3) is 0 Å². The molecule has 0 fully saturated rings. The summed E-state index contributed by atoms with van der Waals surface area (Å²) in [5, 5.41) is 25.7. The third-order valence-corrected chi connectivity index (χ3v) is 2.81. The third-order valence-electron chi connectivity index (χ3n) is 2.81. The van der Waals surface area contributed by atoms with Crippen LogP contribution < -0.4 is 5.32 Å². The molecule has 0 atom stereocenters. The van der Waals surface area contributed by atoms with Gasteiger partial charge in [0.2, 0.25) is 0 Å². The van der Waals surface area contributed by atoms with Gasteiger partial charge in [0.25, 0.3) is 0 Å². The summed E-state index contributed by atoms with van der Waals surface area (Å²) in [6, 6.07) is 6.30. The molecule has 1 aromatic carbocycles. The van der Waals surface area contributed by atoms with Crippen LogP contribution in [0.5, 0.6) is 5.75 Å². The van der Waals surface area contributed by atoms with Crippen molar-refractivity contribution in [2.45, 2.75) is 20.0 Å². The van der Waals surface area contributed by atoms with Crippen LogP contribution in [-0.4, -0.2) is 26.0 Å². The summed E-state index contributed by atoms with van der Waals surface area (Å²) >= 11 is 0. The lowest BCUT2D eigenvalue weighted by Gasteiger charge is -2.09. The second kappa shape index (κ2) is 5.43. The number of hydrogen-bond donors (Lipinski definition) is 3. The Balaban J connectivity index is 2.08. The van der Waals surface area contributed by atoms with Gasteiger partial charge in [-0.15, -0.1) is 0 Å². The van der Waals surface area contributed by atoms with Gasteiger partial charge in [-0.3, -0.25) is 4.68 Å². The van der Waals surface area contributed by atoms with Gasteiger partial charge < -0.3 is 15.5 Å². The molecule has 1 aromatic heterocycles. The largest absolute Gasteiger partial charge is 0.507 e. The number of aromatic carboxylic acids is 1. The number of aromatic hydroxyl groups is 1. The van der Waals surface area contributed by atoms with Crippen molar-refractivity contribution in [3.05, 3.63) is 41.7 Å². The Morgan fingerprint density at radius 1 is 1.42 bits per heavy atom. The van der Waals surface area contributed by atoms with Crippen LogP contribution in [0.2, 0.25) is 0 Å². The van der Waals surface area contributed by atoms with Gasteiger partial charge in [-0.2, -0.15) is 5.10 Å². The van der Waals surface area contributed by atoms with Crippen LogP contribution >= 0.6 is 0 Å². The molecule has 6 heteroatoms. The highest BCUT2D eigenvalue weighted by molar-refractivity contribution is 5.91. The van der Waals surface area contributed by atoms with Crippen molar-refractivity contribution in [2.24, 2.45) is 0 Å². The number of rotatable bonds is 5. The molecular formula is C13H15N3O3. The summed E-state index contributed by atoms with van der Waals surface area (Å²) in [5.74, 6) is -1.39. The second-order valence-electron chi connectivity index (χ2n) is 4.03. The maximum absolute atomic E-state index is 10.8. The Bertz CT molecular complexity index is 593. The lowest BCUT2D eigenvalue weighted by molar-refractivity contribution is 0.0694. The molecule has 0 aliphatic carbocycles. The predicted octanol–water partition coefficient (Wildman–Crippen LogP) is 1.92. The van der Waals surface area contributed by atoms with Crippen molar-refractivity contribution in [3.63, 3.8) is 0 Å². The van der Waals surface area contributed by atoms with E-state index in [-0.39, 0.29) is 11.3 Å². The summed E-state index contributed by atoms with van der Waals surface area (Å²) in [6.45, 7) is 3.34. The number of nitrogens with zero attached hydrogens (tertiary/aromatic N) is 2. The van der Waals surface area contributed by atoms with Gasteiger partial charge in [-0.25, -0.2) is 4.79 Å². The average molecular weight is 261 g/mol. The first-order valence-electron chi connectivity index (χ1n) is 5.92. The fraction of sp³-hybridized carbons (Fsp3) is 0.231. The number of carboxylic acids is 1. The molecule has 6 nitrogen and oxygen atoms in total. The quantitative estimate of drug-likeness (QED) is 0.765. The van der Waals surface area contributed by atoms with Crippen molar-refractivity contribution < 1.29 is 15.0 Å². The monoisotopic (exact) mass is 261 g/mol. The number of hydrogen-bond acceptors (Lipinski definition) is 4. The maximum atomic E-state index is 10.8. The zero-order valence-electron chi connectivity index (χ0n) is 10.5. The molecule has 0 aliphatic heterocycles. The third kappa shape index (κ3) is 2.85. The van der Waals surface area contributed by atoms with Gasteiger partial charge >= 0.3 is 5.97 Å². The maximum Gasteiger partial charge on any atom is 0.339 e. The topological polar surface area (TPSA) is 87.4 Å². The molecule has 2 rings (SSSR count). The van der Waals surface area contributed by atoms with Crippen molar-refractivity contribution in [2.75, 3.05) is 5.32 Å². The van der Waals surface area contributed by atoms with Crippen LogP contribution in [0.3, 0.4) is 0 Å². The SMILES string of the molecule is CCn1nccc1CNc1ccc(C(=O)O)c(O)c1. The molecule has 2 aromatic rings. The van der Waals surface area contributed by atoms with E-state index in [1.807, 2.05) is 17.7 Å². The summed E-state index contributed by atoms with van der Waals surface area (Å²) < 4.78 is 1.86. The molecular weight excluding hydrogens is 246 g/mol. The lowest BCUT2D eigenvalue weighted by Crippen LogP contribution is -2.08. The Labute approximate surface area is 110 Å². The van der Waals surface area contributed by atoms with Crippen molar-refractivity contribution in [1.29, 1.82) is 0 Å². The molecule has 0 saturated carbocycles. The molecule has 0 amide bonds. The molecule has 3 N–H and O–H groups in total. The smallest absolute Gasteiger partial charge is 0.339 e. The van der Waals surface area contributed by atoms with E-state index in [1.165, 1.54) is 12.1 Å². The van der Waals surface area contributed by atoms with E-state index in [0.717, 1.165) is 12.2 Å². The van der Waals surface area contributed by atoms with Gasteiger partial charge in [-0.1, -0.05) is 0 Å². The first-order valence-corrected chi connectivity index (χ1v) is 5.92. The molecule has 0 unspecified atom stereocenters. The first kappa shape index (κ1) is 12.9. The number of carbonyl (C=O) groups is 1. The van der Waals surface area contributed by atoms with Crippen molar-refractivity contribution >= 4 is 11.7 Å². The zero-order valence-corrected chi connectivity index (χ0v) is 10.5. The average Bonchev–Trinajstić information content (AvgIpc) is 2.83. The van der Waals surface area contributed by atoms with Crippen LogP contribution in [-0.2, 0) is 13.1 Å². The van der Waals surface area contributed by atoms with E-state index in [1.54, 1.807) is 12.3 Å². The summed E-state index contributed by atoms with van der Waals surface area (Å²) in [5.41, 5.74) is 1.57. The number of phenols is 1. The minimum absolute atomic E-state index is 0.107. The zero-order chi connectivity index (χ0) is 13.8. The summed E-state index contributed by atoms with van der Waals surface area (Å²) in [7, 11) is 0. The highest BCUT2D eigenvalue weighted by Gasteiger charge is 2.09. The molecule has 19 heavy (non-hydrogen) atoms. The van der Waals surface area contributed by atoms with E-state index in [9.17, 15) is 9.90 Å². The standard InChI is InChI=1S/C13H15N3O3/c1-2-16-10(5-6-15-16)8-14-9-3-4-11(13(18)19)12(17)7-9/h3-7,14,17H,2,8H2,1H3,(H,18,19). The normalized spacial score (nSPS) is 10.4. The lowest BCUT2D eigenvalue weighted by atomic mass is 10.2. The number of nitrogens with one attached hydrogen (secondary N) is 1. The van der Waals surface area contributed by atoms with Gasteiger partial charge in [0.05, 0.1) is 12.2 Å². The minimum Gasteiger partial charge on any atom is -0.507 e. The molecule has 0 saturated heterocycles. The molecule has 0 spiro atoms. The van der Waals surface area contributed by atoms with Crippen molar-refractivity contribution in [1.82, 2.24) is 9.78 Å². The van der Waals surface area contributed by atoms with E-state index in [0.29, 0.717) is 12.2 Å². The van der Waals surface area contributed by atoms with Gasteiger partial charge in [0.15, 0.2) is 0 Å². The van der Waals surface area contributed by atoms with Crippen LogP contribution in [0.15, 0.2) is 30.5 Å². The highest BCUT2D eigenvalue weighted by atomic mass is 16.4. The van der Waals surface area contributed by atoms with E-state index in [4.69, 9.17) is 5.11 Å². The van der Waals surface area contributed by atoms with Crippen LogP contribution in [0.1, 0.15) is 23.0 Å². The summed E-state index contributed by atoms with van der Waals surface area (Å²) in [4.78, 5) is 10.8. The molecule has 0 radical (unpaired) electrons. The van der Waals surface area contributed by atoms with Crippen LogP contribution in [0, 0.1) is 0 Å². The van der Waals surface area contributed by atoms with E-state index >= 15 is 0 Å². The van der Waals surface area contributed by atoms with Gasteiger partial charge in [-0.05, 0) is 25.1 Å². The fourth-order valence-electron chi connectivity index (χ4n) is 1.81. The molecule has 1 heterocycles. The predicted molar refractivity (Wildman–Crippen MR) is 70.3 cm³/mol. The Kier molecular flexibility index (Phi) is 3.70. The molecule has 100 valence electrons. The first-order chi connectivity index (χ1) is 9.11. The van der Waals surface area contributed by atoms with Crippen LogP contribution in [0.4, 0.5) is 5.69 Å². The van der Waals surface area contributed by atoms with Gasteiger partial charge in [0.1, 0.15) is 11.3 Å². The fourth-order valence-corrected chi connectivity index (χ4v) is 1.81. The Morgan fingerprint density at radius 3 is 2.84 bits per heavy atom. The van der Waals surface area contributed by atoms with E-state index in [2.05, 4.69) is 10.4 Å². The number of anilines is 1. The molecule has 0 aliphatic rings. The molecule has 0 bridgehead atoms. The van der Waals surface area contributed by atoms with Crippen molar-refractivity contribution in [3.8, 4) is 5.75 Å². The van der Waals surface area contributed by atoms with E-state index < -0.39 is 5.97 Å². The second-order valence-corrected chi connectivity index (χ2v) is 4.03. The Morgan fingerprint density at radius 2 is 2.21 bits per heavy atom. The minimum atomic E-state index is -1.15.